The van der Waals surface area contributed by atoms with Crippen molar-refractivity contribution in [1.82, 2.24) is 14.6 Å². The molecule has 21 heavy (non-hydrogen) atoms. The van der Waals surface area contributed by atoms with Crippen molar-refractivity contribution < 1.29 is 14.1 Å². The van der Waals surface area contributed by atoms with E-state index >= 15 is 0 Å². The van der Waals surface area contributed by atoms with Crippen LogP contribution in [0.2, 0.25) is 0 Å². The number of methoxy groups -OCH3 is 1. The lowest BCUT2D eigenvalue weighted by Crippen LogP contribution is -2.35. The first-order valence-corrected chi connectivity index (χ1v) is 6.44. The molecule has 2 aromatic rings. The maximum atomic E-state index is 12.3. The van der Waals surface area contributed by atoms with Gasteiger partial charge in [-0.15, -0.1) is 0 Å². The Labute approximate surface area is 121 Å². The van der Waals surface area contributed by atoms with Gasteiger partial charge in [0, 0.05) is 19.3 Å². The van der Waals surface area contributed by atoms with Gasteiger partial charge in [-0.2, -0.15) is 0 Å². The number of rotatable bonds is 5. The zero-order valence-electron chi connectivity index (χ0n) is 12.1. The summed E-state index contributed by atoms with van der Waals surface area (Å²) in [6, 6.07) is 4.68. The topological polar surface area (TPSA) is 77.6 Å². The number of carbonyl (C=O) groups excluding carboxylic acids is 1. The van der Waals surface area contributed by atoms with Crippen molar-refractivity contribution in [2.75, 3.05) is 14.2 Å². The molecule has 0 spiro atoms. The molecule has 0 aromatic carbocycles. The van der Waals surface area contributed by atoms with E-state index in [1.54, 1.807) is 31.4 Å². The number of hydrogen-bond acceptors (Lipinski definition) is 5. The number of amides is 1. The Bertz CT molecular complexity index is 663. The first kappa shape index (κ1) is 14.8. The van der Waals surface area contributed by atoms with E-state index in [1.165, 1.54) is 22.8 Å². The van der Waals surface area contributed by atoms with Crippen LogP contribution in [0.25, 0.3) is 0 Å². The predicted molar refractivity (Wildman–Crippen MR) is 74.9 cm³/mol. The SMILES string of the molecule is COc1cccn(CC(=O)N(C)[C@@H](C)c2ccon2)c1=O. The van der Waals surface area contributed by atoms with E-state index in [9.17, 15) is 9.59 Å². The van der Waals surface area contributed by atoms with Crippen molar-refractivity contribution in [3.05, 3.63) is 46.7 Å². The molecule has 0 radical (unpaired) electrons. The van der Waals surface area contributed by atoms with E-state index in [-0.39, 0.29) is 29.8 Å². The predicted octanol–water partition coefficient (Wildman–Crippen LogP) is 1.06. The zero-order chi connectivity index (χ0) is 15.4. The van der Waals surface area contributed by atoms with Crippen LogP contribution in [0, 0.1) is 0 Å². The molecule has 0 saturated carbocycles. The average molecular weight is 291 g/mol. The molecule has 0 bridgehead atoms. The maximum Gasteiger partial charge on any atom is 0.293 e. The molecule has 0 saturated heterocycles. The zero-order valence-corrected chi connectivity index (χ0v) is 12.1. The maximum absolute atomic E-state index is 12.3. The molecule has 0 unspecified atom stereocenters. The number of carbonyl (C=O) groups is 1. The average Bonchev–Trinajstić information content (AvgIpc) is 3.02. The molecular formula is C14H17N3O4. The van der Waals surface area contributed by atoms with Gasteiger partial charge in [-0.3, -0.25) is 9.59 Å². The summed E-state index contributed by atoms with van der Waals surface area (Å²) in [5, 5.41) is 3.81. The number of aromatic nitrogens is 2. The van der Waals surface area contributed by atoms with Crippen molar-refractivity contribution in [3.8, 4) is 5.75 Å². The Morgan fingerprint density at radius 3 is 2.90 bits per heavy atom. The minimum Gasteiger partial charge on any atom is -0.491 e. The van der Waals surface area contributed by atoms with Gasteiger partial charge in [0.15, 0.2) is 5.75 Å². The Hall–Kier alpha value is -2.57. The van der Waals surface area contributed by atoms with Gasteiger partial charge >= 0.3 is 0 Å². The molecule has 0 aliphatic carbocycles. The molecule has 2 heterocycles. The van der Waals surface area contributed by atoms with Crippen LogP contribution in [-0.2, 0) is 11.3 Å². The van der Waals surface area contributed by atoms with E-state index in [2.05, 4.69) is 5.16 Å². The van der Waals surface area contributed by atoms with Gasteiger partial charge in [-0.05, 0) is 19.1 Å². The number of likely N-dealkylation sites (N-methyl/N-ethyl adjacent to an activating group) is 1. The first-order chi connectivity index (χ1) is 10.0. The minimum absolute atomic E-state index is 0.0608. The highest BCUT2D eigenvalue weighted by Crippen LogP contribution is 2.16. The molecule has 0 N–H and O–H groups in total. The second kappa shape index (κ2) is 6.25. The highest BCUT2D eigenvalue weighted by molar-refractivity contribution is 5.76. The van der Waals surface area contributed by atoms with E-state index in [1.807, 2.05) is 6.92 Å². The normalized spacial score (nSPS) is 12.0. The van der Waals surface area contributed by atoms with Crippen LogP contribution >= 0.6 is 0 Å². The summed E-state index contributed by atoms with van der Waals surface area (Å²) in [5.74, 6) is -0.00152. The van der Waals surface area contributed by atoms with E-state index in [4.69, 9.17) is 9.26 Å². The fraction of sp³-hybridized carbons (Fsp3) is 0.357. The first-order valence-electron chi connectivity index (χ1n) is 6.44. The standard InChI is InChI=1S/C14H17N3O4/c1-10(11-6-8-21-15-11)16(2)13(18)9-17-7-4-5-12(20-3)14(17)19/h4-8,10H,9H2,1-3H3/t10-/m0/s1. The Morgan fingerprint density at radius 2 is 2.29 bits per heavy atom. The molecule has 2 aromatic heterocycles. The van der Waals surface area contributed by atoms with Crippen LogP contribution in [0.3, 0.4) is 0 Å². The van der Waals surface area contributed by atoms with Crippen molar-refractivity contribution in [3.63, 3.8) is 0 Å². The van der Waals surface area contributed by atoms with Crippen LogP contribution in [0.5, 0.6) is 5.75 Å². The quantitative estimate of drug-likeness (QED) is 0.823. The van der Waals surface area contributed by atoms with Gasteiger partial charge in [-0.25, -0.2) is 0 Å². The lowest BCUT2D eigenvalue weighted by atomic mass is 10.2. The molecule has 112 valence electrons. The molecule has 0 aliphatic rings. The summed E-state index contributed by atoms with van der Waals surface area (Å²) in [5.41, 5.74) is 0.319. The second-order valence-electron chi connectivity index (χ2n) is 4.61. The molecule has 0 fully saturated rings. The molecule has 1 amide bonds. The third kappa shape index (κ3) is 3.13. The van der Waals surface area contributed by atoms with Crippen molar-refractivity contribution in [2.24, 2.45) is 0 Å². The van der Waals surface area contributed by atoms with E-state index in [0.29, 0.717) is 5.69 Å². The number of ether oxygens (including phenoxy) is 1. The fourth-order valence-electron chi connectivity index (χ4n) is 1.90. The summed E-state index contributed by atoms with van der Waals surface area (Å²) in [6.45, 7) is 1.78. The molecule has 0 aliphatic heterocycles. The Morgan fingerprint density at radius 1 is 1.52 bits per heavy atom. The molecule has 1 atom stereocenters. The van der Waals surface area contributed by atoms with Crippen molar-refractivity contribution in [2.45, 2.75) is 19.5 Å². The van der Waals surface area contributed by atoms with Crippen molar-refractivity contribution >= 4 is 5.91 Å². The largest absolute Gasteiger partial charge is 0.491 e. The highest BCUT2D eigenvalue weighted by Gasteiger charge is 2.20. The van der Waals surface area contributed by atoms with Gasteiger partial charge in [0.25, 0.3) is 5.56 Å². The van der Waals surface area contributed by atoms with Crippen LogP contribution in [-0.4, -0.2) is 34.7 Å². The molecular weight excluding hydrogens is 274 g/mol. The number of pyridine rings is 1. The second-order valence-corrected chi connectivity index (χ2v) is 4.61. The van der Waals surface area contributed by atoms with Crippen molar-refractivity contribution in [1.29, 1.82) is 0 Å². The van der Waals surface area contributed by atoms with Crippen LogP contribution in [0.4, 0.5) is 0 Å². The van der Waals surface area contributed by atoms with Gasteiger partial charge in [0.2, 0.25) is 5.91 Å². The summed E-state index contributed by atoms with van der Waals surface area (Å²) < 4.78 is 11.0. The molecule has 7 heteroatoms. The third-order valence-corrected chi connectivity index (χ3v) is 3.37. The van der Waals surface area contributed by atoms with Crippen LogP contribution in [0.15, 0.2) is 40.0 Å². The van der Waals surface area contributed by atoms with Gasteiger partial charge in [-0.1, -0.05) is 5.16 Å². The Kier molecular flexibility index (Phi) is 4.42. The van der Waals surface area contributed by atoms with E-state index in [0.717, 1.165) is 0 Å². The summed E-state index contributed by atoms with van der Waals surface area (Å²) in [7, 11) is 3.08. The van der Waals surface area contributed by atoms with E-state index < -0.39 is 0 Å². The monoisotopic (exact) mass is 291 g/mol. The fourth-order valence-corrected chi connectivity index (χ4v) is 1.90. The van der Waals surface area contributed by atoms with Crippen LogP contribution < -0.4 is 10.3 Å². The lowest BCUT2D eigenvalue weighted by Gasteiger charge is -2.23. The van der Waals surface area contributed by atoms with Gasteiger partial charge in [0.05, 0.1) is 13.2 Å². The molecule has 2 rings (SSSR count). The Balaban J connectivity index is 2.13. The van der Waals surface area contributed by atoms with Gasteiger partial charge < -0.3 is 18.7 Å². The lowest BCUT2D eigenvalue weighted by molar-refractivity contribution is -0.132. The summed E-state index contributed by atoms with van der Waals surface area (Å²) in [6.07, 6.45) is 3.01. The summed E-state index contributed by atoms with van der Waals surface area (Å²) >= 11 is 0. The number of nitrogens with zero attached hydrogens (tertiary/aromatic N) is 3. The minimum atomic E-state index is -0.337. The van der Waals surface area contributed by atoms with Crippen LogP contribution in [0.1, 0.15) is 18.7 Å². The smallest absolute Gasteiger partial charge is 0.293 e. The van der Waals surface area contributed by atoms with Gasteiger partial charge in [0.1, 0.15) is 18.5 Å². The number of hydrogen-bond donors (Lipinski definition) is 0. The highest BCUT2D eigenvalue weighted by atomic mass is 16.5. The molecule has 7 nitrogen and oxygen atoms in total. The third-order valence-electron chi connectivity index (χ3n) is 3.37. The summed E-state index contributed by atoms with van der Waals surface area (Å²) in [4.78, 5) is 25.8.